The summed E-state index contributed by atoms with van der Waals surface area (Å²) >= 11 is 0. The number of benzene rings is 3. The molecular formula is C39H46F2N4O7. The first-order valence-corrected chi connectivity index (χ1v) is 17.8. The summed E-state index contributed by atoms with van der Waals surface area (Å²) < 4.78 is 44.8. The van der Waals surface area contributed by atoms with E-state index in [1.807, 2.05) is 36.4 Å². The summed E-state index contributed by atoms with van der Waals surface area (Å²) in [7, 11) is 1.57. The first-order valence-electron chi connectivity index (χ1n) is 17.8. The van der Waals surface area contributed by atoms with Gasteiger partial charge in [-0.2, -0.15) is 0 Å². The second-order valence-electron chi connectivity index (χ2n) is 14.0. The van der Waals surface area contributed by atoms with Gasteiger partial charge in [-0.1, -0.05) is 31.0 Å². The number of methoxy groups -OCH3 is 1. The van der Waals surface area contributed by atoms with Crippen LogP contribution in [0.1, 0.15) is 55.7 Å². The Morgan fingerprint density at radius 1 is 1.02 bits per heavy atom. The Kier molecular flexibility index (Phi) is 11.6. The lowest BCUT2D eigenvalue weighted by molar-refractivity contribution is -0.143. The first kappa shape index (κ1) is 37.0. The van der Waals surface area contributed by atoms with Crippen LogP contribution in [-0.4, -0.2) is 78.4 Å². The number of aliphatic hydroxyl groups excluding tert-OH is 1. The highest BCUT2D eigenvalue weighted by Crippen LogP contribution is 2.41. The van der Waals surface area contributed by atoms with Crippen molar-refractivity contribution in [2.24, 2.45) is 5.92 Å². The van der Waals surface area contributed by atoms with E-state index >= 15 is 0 Å². The van der Waals surface area contributed by atoms with Crippen LogP contribution < -0.4 is 30.2 Å². The molecule has 2 fully saturated rings. The average molecular weight is 721 g/mol. The summed E-state index contributed by atoms with van der Waals surface area (Å²) in [6.45, 7) is 2.17. The minimum Gasteiger partial charge on any atom is -0.497 e. The van der Waals surface area contributed by atoms with Crippen molar-refractivity contribution >= 4 is 17.7 Å². The van der Waals surface area contributed by atoms with E-state index in [4.69, 9.17) is 14.2 Å². The number of halogens is 2. The molecule has 2 aliphatic heterocycles. The highest BCUT2D eigenvalue weighted by Gasteiger charge is 2.52. The smallest absolute Gasteiger partial charge is 0.249 e. The van der Waals surface area contributed by atoms with Crippen molar-refractivity contribution in [1.82, 2.24) is 20.9 Å². The van der Waals surface area contributed by atoms with Crippen molar-refractivity contribution in [3.05, 3.63) is 89.0 Å². The second kappa shape index (κ2) is 16.3. The first-order chi connectivity index (χ1) is 25.0. The maximum absolute atomic E-state index is 14.4. The number of carbonyl (C=O) groups is 3. The lowest BCUT2D eigenvalue weighted by Gasteiger charge is -2.33. The summed E-state index contributed by atoms with van der Waals surface area (Å²) in [5.74, 6) is -0.481. The summed E-state index contributed by atoms with van der Waals surface area (Å²) in [4.78, 5) is 42.6. The van der Waals surface area contributed by atoms with Gasteiger partial charge in [0.25, 0.3) is 0 Å². The van der Waals surface area contributed by atoms with Gasteiger partial charge in [0.2, 0.25) is 24.5 Å². The third kappa shape index (κ3) is 9.18. The van der Waals surface area contributed by atoms with Gasteiger partial charge in [-0.05, 0) is 91.1 Å². The van der Waals surface area contributed by atoms with Crippen LogP contribution >= 0.6 is 0 Å². The van der Waals surface area contributed by atoms with Crippen LogP contribution in [0.5, 0.6) is 17.2 Å². The highest BCUT2D eigenvalue weighted by atomic mass is 19.1. The molecule has 0 spiro atoms. The molecule has 3 aromatic carbocycles. The third-order valence-electron chi connectivity index (χ3n) is 10.0. The fourth-order valence-corrected chi connectivity index (χ4v) is 7.26. The Balaban J connectivity index is 1.24. The van der Waals surface area contributed by atoms with Crippen molar-refractivity contribution < 1.29 is 42.5 Å². The van der Waals surface area contributed by atoms with E-state index in [1.165, 1.54) is 24.0 Å². The number of nitrogens with one attached hydrogen (secondary N) is 3. The molecule has 13 heteroatoms. The molecule has 1 saturated heterocycles. The van der Waals surface area contributed by atoms with E-state index in [1.54, 1.807) is 13.2 Å². The highest BCUT2D eigenvalue weighted by molar-refractivity contribution is 5.96. The lowest BCUT2D eigenvalue weighted by Crippen LogP contribution is -2.59. The molecule has 3 aliphatic rings. The fourth-order valence-electron chi connectivity index (χ4n) is 7.26. The Bertz CT molecular complexity index is 1750. The molecule has 1 aliphatic carbocycles. The minimum atomic E-state index is -1.18. The van der Waals surface area contributed by atoms with Gasteiger partial charge in [0.1, 0.15) is 29.0 Å². The summed E-state index contributed by atoms with van der Waals surface area (Å²) in [6, 6.07) is 14.1. The number of fused-ring (bicyclic) bond motifs is 1. The van der Waals surface area contributed by atoms with Gasteiger partial charge in [0.15, 0.2) is 11.5 Å². The van der Waals surface area contributed by atoms with Gasteiger partial charge in [-0.15, -0.1) is 0 Å². The molecule has 4 N–H and O–H groups in total. The average Bonchev–Trinajstić information content (AvgIpc) is 3.70. The van der Waals surface area contributed by atoms with Gasteiger partial charge in [0, 0.05) is 32.6 Å². The van der Waals surface area contributed by atoms with E-state index < -0.39 is 41.3 Å². The molecular weight excluding hydrogens is 674 g/mol. The number of carbonyl (C=O) groups excluding carboxylic acids is 3. The number of aliphatic hydroxyl groups is 1. The zero-order valence-electron chi connectivity index (χ0n) is 29.5. The van der Waals surface area contributed by atoms with E-state index in [0.29, 0.717) is 49.0 Å². The van der Waals surface area contributed by atoms with Crippen molar-refractivity contribution in [2.45, 2.75) is 82.1 Å². The third-order valence-corrected chi connectivity index (χ3v) is 10.0. The molecule has 1 saturated carbocycles. The molecule has 0 radical (unpaired) electrons. The van der Waals surface area contributed by atoms with E-state index in [0.717, 1.165) is 30.0 Å². The Hall–Kier alpha value is -4.75. The molecule has 0 aromatic heterocycles. The topological polar surface area (TPSA) is 138 Å². The van der Waals surface area contributed by atoms with Crippen LogP contribution in [0.2, 0.25) is 0 Å². The van der Waals surface area contributed by atoms with Crippen LogP contribution in [0.15, 0.2) is 60.7 Å². The lowest BCUT2D eigenvalue weighted by atomic mass is 9.90. The predicted molar refractivity (Wildman–Crippen MR) is 188 cm³/mol. The summed E-state index contributed by atoms with van der Waals surface area (Å²) in [5, 5.41) is 20.5. The van der Waals surface area contributed by atoms with Crippen molar-refractivity contribution in [3.63, 3.8) is 0 Å². The zero-order valence-corrected chi connectivity index (χ0v) is 29.5. The van der Waals surface area contributed by atoms with E-state index in [2.05, 4.69) is 16.0 Å². The SMILES string of the molecule is COc1cccc(CNC[C@@H](O)[C@H](Cc2cc(F)cc(F)c2)NC(=O)[C@H](CCc2ccc3c(c2)OCO3)N2CC[C@@](CC3CC3)(NC(C)=O)C2=O)c1. The largest absolute Gasteiger partial charge is 0.497 e. The Morgan fingerprint density at radius 2 is 1.79 bits per heavy atom. The molecule has 6 rings (SSSR count). The molecule has 3 amide bonds. The van der Waals surface area contributed by atoms with E-state index in [-0.39, 0.29) is 50.1 Å². The van der Waals surface area contributed by atoms with Gasteiger partial charge in [-0.3, -0.25) is 14.4 Å². The Morgan fingerprint density at radius 3 is 2.52 bits per heavy atom. The minimum absolute atomic E-state index is 0.0392. The summed E-state index contributed by atoms with van der Waals surface area (Å²) in [5.41, 5.74) is 0.919. The standard InChI is InChI=1S/C39H46F2N4O7/c1-24(46)44-39(20-26-6-7-26)12-13-45(38(39)49)33(10-8-25-9-11-35-36(18-25)52-23-51-35)37(48)43-32(17-28-14-29(40)19-30(41)15-28)34(47)22-42-21-27-4-3-5-31(16-27)50-2/h3-5,9,11,14-16,18-19,26,32-34,42,47H,6-8,10,12-13,17,20-23H2,1-2H3,(H,43,48)(H,44,46)/t32-,33-,34+,39-/m0/s1. The number of amides is 3. The number of nitrogens with zero attached hydrogens (tertiary/aromatic N) is 1. The van der Waals surface area contributed by atoms with Crippen LogP contribution in [-0.2, 0) is 33.8 Å². The van der Waals surface area contributed by atoms with Crippen molar-refractivity contribution in [3.8, 4) is 17.2 Å². The number of rotatable bonds is 17. The molecule has 0 unspecified atom stereocenters. The Labute approximate surface area is 302 Å². The predicted octanol–water partition coefficient (Wildman–Crippen LogP) is 3.79. The number of hydrogen-bond donors (Lipinski definition) is 4. The quantitative estimate of drug-likeness (QED) is 0.165. The van der Waals surface area contributed by atoms with Crippen molar-refractivity contribution in [1.29, 1.82) is 0 Å². The molecule has 11 nitrogen and oxygen atoms in total. The number of ether oxygens (including phenoxy) is 3. The maximum Gasteiger partial charge on any atom is 0.249 e. The van der Waals surface area contributed by atoms with Crippen LogP contribution in [0.4, 0.5) is 8.78 Å². The molecule has 3 aromatic rings. The normalized spacial score (nSPS) is 19.6. The zero-order chi connectivity index (χ0) is 36.8. The number of likely N-dealkylation sites (tertiary alicyclic amines) is 1. The van der Waals surface area contributed by atoms with Gasteiger partial charge < -0.3 is 40.2 Å². The molecule has 52 heavy (non-hydrogen) atoms. The number of aryl methyl sites for hydroxylation is 1. The monoisotopic (exact) mass is 720 g/mol. The van der Waals surface area contributed by atoms with Crippen molar-refractivity contribution in [2.75, 3.05) is 27.0 Å². The second-order valence-corrected chi connectivity index (χ2v) is 14.0. The van der Waals surface area contributed by atoms with Crippen LogP contribution in [0, 0.1) is 17.6 Å². The van der Waals surface area contributed by atoms with Gasteiger partial charge in [-0.25, -0.2) is 8.78 Å². The van der Waals surface area contributed by atoms with Crippen LogP contribution in [0.25, 0.3) is 0 Å². The molecule has 2 heterocycles. The summed E-state index contributed by atoms with van der Waals surface area (Å²) in [6.07, 6.45) is 2.19. The molecule has 0 bridgehead atoms. The molecule has 4 atom stereocenters. The van der Waals surface area contributed by atoms with Gasteiger partial charge in [0.05, 0.1) is 19.3 Å². The number of hydrogen-bond acceptors (Lipinski definition) is 8. The molecule has 278 valence electrons. The van der Waals surface area contributed by atoms with E-state index in [9.17, 15) is 28.3 Å². The maximum atomic E-state index is 14.4. The fraction of sp³-hybridized carbons (Fsp3) is 0.462. The van der Waals surface area contributed by atoms with Gasteiger partial charge >= 0.3 is 0 Å². The van der Waals surface area contributed by atoms with Crippen LogP contribution in [0.3, 0.4) is 0 Å².